The largest absolute Gasteiger partial charge is 0.465 e. The van der Waals surface area contributed by atoms with Gasteiger partial charge in [-0.25, -0.2) is 4.79 Å². The van der Waals surface area contributed by atoms with Gasteiger partial charge in [-0.3, -0.25) is 9.59 Å². The van der Waals surface area contributed by atoms with Crippen molar-refractivity contribution < 1.29 is 33.3 Å². The van der Waals surface area contributed by atoms with Crippen molar-refractivity contribution in [1.82, 2.24) is 0 Å². The van der Waals surface area contributed by atoms with Gasteiger partial charge >= 0.3 is 17.9 Å². The molecule has 28 heavy (non-hydrogen) atoms. The highest BCUT2D eigenvalue weighted by Gasteiger charge is 2.50. The van der Waals surface area contributed by atoms with E-state index in [0.29, 0.717) is 18.6 Å². The van der Waals surface area contributed by atoms with E-state index in [9.17, 15) is 14.4 Å². The van der Waals surface area contributed by atoms with Gasteiger partial charge < -0.3 is 18.9 Å². The maximum atomic E-state index is 11.9. The SMILES string of the molecule is COC(=O)c1cccc(C(C[C@@H]2[C@H](COC(C)=O)[C@H]3CC[C@@H]2O3)OC(C)=O)c1. The third-order valence-corrected chi connectivity index (χ3v) is 5.54. The quantitative estimate of drug-likeness (QED) is 0.522. The molecule has 152 valence electrons. The van der Waals surface area contributed by atoms with Gasteiger partial charge in [0, 0.05) is 19.8 Å². The zero-order valence-corrected chi connectivity index (χ0v) is 16.4. The number of rotatable bonds is 7. The van der Waals surface area contributed by atoms with Crippen molar-refractivity contribution >= 4 is 17.9 Å². The summed E-state index contributed by atoms with van der Waals surface area (Å²) >= 11 is 0. The summed E-state index contributed by atoms with van der Waals surface area (Å²) in [5.74, 6) is -0.980. The smallest absolute Gasteiger partial charge is 0.337 e. The summed E-state index contributed by atoms with van der Waals surface area (Å²) in [6, 6.07) is 6.92. The van der Waals surface area contributed by atoms with E-state index >= 15 is 0 Å². The lowest BCUT2D eigenvalue weighted by atomic mass is 9.76. The molecule has 0 spiro atoms. The van der Waals surface area contributed by atoms with E-state index in [-0.39, 0.29) is 30.0 Å². The van der Waals surface area contributed by atoms with Crippen LogP contribution in [0.3, 0.4) is 0 Å². The van der Waals surface area contributed by atoms with Crippen LogP contribution in [0.25, 0.3) is 0 Å². The van der Waals surface area contributed by atoms with E-state index in [4.69, 9.17) is 18.9 Å². The third-order valence-electron chi connectivity index (χ3n) is 5.54. The summed E-state index contributed by atoms with van der Waals surface area (Å²) in [5.41, 5.74) is 1.13. The van der Waals surface area contributed by atoms with Crippen LogP contribution in [0.15, 0.2) is 24.3 Å². The van der Waals surface area contributed by atoms with E-state index in [2.05, 4.69) is 0 Å². The van der Waals surface area contributed by atoms with Crippen LogP contribution in [-0.4, -0.2) is 43.8 Å². The molecule has 7 nitrogen and oxygen atoms in total. The molecule has 3 rings (SSSR count). The van der Waals surface area contributed by atoms with E-state index in [0.717, 1.165) is 18.4 Å². The number of esters is 3. The highest BCUT2D eigenvalue weighted by Crippen LogP contribution is 2.47. The Bertz CT molecular complexity index is 744. The van der Waals surface area contributed by atoms with Gasteiger partial charge in [-0.15, -0.1) is 0 Å². The molecule has 2 heterocycles. The summed E-state index contributed by atoms with van der Waals surface area (Å²) in [5, 5.41) is 0. The third kappa shape index (κ3) is 4.52. The van der Waals surface area contributed by atoms with Crippen molar-refractivity contribution in [3.8, 4) is 0 Å². The number of carbonyl (C=O) groups is 3. The summed E-state index contributed by atoms with van der Waals surface area (Å²) in [7, 11) is 1.32. The minimum atomic E-state index is -0.519. The average Bonchev–Trinajstić information content (AvgIpc) is 3.26. The fourth-order valence-electron chi connectivity index (χ4n) is 4.33. The molecule has 2 fully saturated rings. The fraction of sp³-hybridized carbons (Fsp3) is 0.571. The number of ether oxygens (including phenoxy) is 4. The molecule has 2 aliphatic heterocycles. The Hall–Kier alpha value is -2.41. The predicted molar refractivity (Wildman–Crippen MR) is 98.4 cm³/mol. The lowest BCUT2D eigenvalue weighted by Crippen LogP contribution is -2.33. The van der Waals surface area contributed by atoms with E-state index < -0.39 is 18.0 Å². The Kier molecular flexibility index (Phi) is 6.34. The maximum absolute atomic E-state index is 11.9. The molecular formula is C21H26O7. The van der Waals surface area contributed by atoms with Gasteiger partial charge in [-0.1, -0.05) is 12.1 Å². The zero-order valence-electron chi connectivity index (χ0n) is 16.4. The van der Waals surface area contributed by atoms with Gasteiger partial charge in [0.15, 0.2) is 0 Å². The molecule has 1 unspecified atom stereocenters. The van der Waals surface area contributed by atoms with Crippen LogP contribution in [0.1, 0.15) is 55.1 Å². The van der Waals surface area contributed by atoms with E-state index in [1.54, 1.807) is 18.2 Å². The number of hydrogen-bond acceptors (Lipinski definition) is 7. The van der Waals surface area contributed by atoms with Crippen LogP contribution >= 0.6 is 0 Å². The van der Waals surface area contributed by atoms with Crippen LogP contribution < -0.4 is 0 Å². The fourth-order valence-corrected chi connectivity index (χ4v) is 4.33. The molecule has 0 aromatic heterocycles. The Balaban J connectivity index is 1.81. The van der Waals surface area contributed by atoms with Crippen molar-refractivity contribution in [2.45, 2.75) is 51.4 Å². The molecule has 7 heteroatoms. The Morgan fingerprint density at radius 2 is 1.82 bits per heavy atom. The van der Waals surface area contributed by atoms with Crippen LogP contribution in [0.4, 0.5) is 0 Å². The lowest BCUT2D eigenvalue weighted by Gasteiger charge is -2.30. The minimum absolute atomic E-state index is 0.0624. The first kappa shape index (κ1) is 20.3. The number of carbonyl (C=O) groups excluding carboxylic acids is 3. The Morgan fingerprint density at radius 3 is 2.46 bits per heavy atom. The number of fused-ring (bicyclic) bond motifs is 2. The van der Waals surface area contributed by atoms with Crippen molar-refractivity contribution in [3.63, 3.8) is 0 Å². The molecule has 2 aliphatic rings. The molecule has 0 radical (unpaired) electrons. The highest BCUT2D eigenvalue weighted by molar-refractivity contribution is 5.89. The predicted octanol–water partition coefficient (Wildman–Crippen LogP) is 2.82. The topological polar surface area (TPSA) is 88.1 Å². The van der Waals surface area contributed by atoms with Crippen LogP contribution in [0.2, 0.25) is 0 Å². The van der Waals surface area contributed by atoms with Crippen LogP contribution in [0.5, 0.6) is 0 Å². The number of methoxy groups -OCH3 is 1. The minimum Gasteiger partial charge on any atom is -0.465 e. The average molecular weight is 390 g/mol. The second-order valence-corrected chi connectivity index (χ2v) is 7.37. The van der Waals surface area contributed by atoms with Crippen molar-refractivity contribution in [1.29, 1.82) is 0 Å². The standard InChI is InChI=1S/C21H26O7/c1-12(22)26-11-17-16(18-7-8-19(17)28-18)10-20(27-13(2)23)14-5-4-6-15(9-14)21(24)25-3/h4-6,9,16-20H,7-8,10-11H2,1-3H3/t16-,17+,18+,19-,20?/m1/s1. The second-order valence-electron chi connectivity index (χ2n) is 7.37. The number of hydrogen-bond donors (Lipinski definition) is 0. The Morgan fingerprint density at radius 1 is 1.11 bits per heavy atom. The van der Waals surface area contributed by atoms with Gasteiger partial charge in [-0.2, -0.15) is 0 Å². The summed E-state index contributed by atoms with van der Waals surface area (Å²) in [6.07, 6.45) is 2.04. The molecule has 0 aliphatic carbocycles. The van der Waals surface area contributed by atoms with Crippen LogP contribution in [0, 0.1) is 11.8 Å². The first-order valence-corrected chi connectivity index (χ1v) is 9.53. The normalized spacial score (nSPS) is 26.5. The highest BCUT2D eigenvalue weighted by atomic mass is 16.6. The van der Waals surface area contributed by atoms with Gasteiger partial charge in [0.1, 0.15) is 6.10 Å². The monoisotopic (exact) mass is 390 g/mol. The molecule has 0 saturated carbocycles. The molecule has 1 aromatic rings. The Labute approximate surface area is 164 Å². The lowest BCUT2D eigenvalue weighted by molar-refractivity contribution is -0.148. The zero-order chi connectivity index (χ0) is 20.3. The van der Waals surface area contributed by atoms with Crippen molar-refractivity contribution in [2.24, 2.45) is 11.8 Å². The van der Waals surface area contributed by atoms with Crippen LogP contribution in [-0.2, 0) is 28.5 Å². The second kappa shape index (κ2) is 8.73. The van der Waals surface area contributed by atoms with Gasteiger partial charge in [-0.05, 0) is 42.9 Å². The van der Waals surface area contributed by atoms with Gasteiger partial charge in [0.2, 0.25) is 0 Å². The summed E-state index contributed by atoms with van der Waals surface area (Å²) in [6.45, 7) is 3.06. The van der Waals surface area contributed by atoms with Crippen molar-refractivity contribution in [2.75, 3.05) is 13.7 Å². The maximum Gasteiger partial charge on any atom is 0.337 e. The van der Waals surface area contributed by atoms with Crippen molar-refractivity contribution in [3.05, 3.63) is 35.4 Å². The molecule has 0 amide bonds. The first-order valence-electron chi connectivity index (χ1n) is 9.53. The van der Waals surface area contributed by atoms with Gasteiger partial charge in [0.05, 0.1) is 31.5 Å². The molecule has 2 saturated heterocycles. The molecule has 0 N–H and O–H groups in total. The summed E-state index contributed by atoms with van der Waals surface area (Å²) < 4.78 is 21.7. The number of benzene rings is 1. The molecule has 1 aromatic carbocycles. The molecule has 2 bridgehead atoms. The van der Waals surface area contributed by atoms with Gasteiger partial charge in [0.25, 0.3) is 0 Å². The molecular weight excluding hydrogens is 364 g/mol. The molecule has 5 atom stereocenters. The van der Waals surface area contributed by atoms with E-state index in [1.807, 2.05) is 6.07 Å². The summed E-state index contributed by atoms with van der Waals surface area (Å²) in [4.78, 5) is 34.8. The van der Waals surface area contributed by atoms with E-state index in [1.165, 1.54) is 21.0 Å². The first-order chi connectivity index (χ1) is 13.4.